The minimum absolute atomic E-state index is 0.0996. The van der Waals surface area contributed by atoms with Gasteiger partial charge in [-0.3, -0.25) is 4.79 Å². The third-order valence-corrected chi connectivity index (χ3v) is 2.92. The van der Waals surface area contributed by atoms with Crippen LogP contribution in [-0.2, 0) is 11.3 Å². The van der Waals surface area contributed by atoms with Crippen LogP contribution in [0.25, 0.3) is 0 Å². The van der Waals surface area contributed by atoms with Gasteiger partial charge in [0.2, 0.25) is 0 Å². The second-order valence-electron chi connectivity index (χ2n) is 4.32. The molecule has 21 heavy (non-hydrogen) atoms. The van der Waals surface area contributed by atoms with Crippen LogP contribution in [-0.4, -0.2) is 24.3 Å². The predicted octanol–water partition coefficient (Wildman–Crippen LogP) is 1.30. The zero-order valence-electron chi connectivity index (χ0n) is 11.6. The van der Waals surface area contributed by atoms with E-state index in [0.717, 1.165) is 0 Å². The fourth-order valence-corrected chi connectivity index (χ4v) is 1.80. The molecule has 0 bridgehead atoms. The molecule has 0 aliphatic carbocycles. The number of hydrogen-bond donors (Lipinski definition) is 1. The molecule has 2 rings (SSSR count). The van der Waals surface area contributed by atoms with Crippen LogP contribution in [0, 0.1) is 0 Å². The average Bonchev–Trinajstić information content (AvgIpc) is 2.50. The normalized spacial score (nSPS) is 10.1. The van der Waals surface area contributed by atoms with Crippen LogP contribution in [0.2, 0.25) is 0 Å². The van der Waals surface area contributed by atoms with Crippen molar-refractivity contribution in [3.05, 3.63) is 58.5 Å². The number of nitrogens with two attached hydrogens (primary N) is 1. The zero-order valence-corrected chi connectivity index (χ0v) is 11.6. The summed E-state index contributed by atoms with van der Waals surface area (Å²) in [5, 5.41) is 0. The van der Waals surface area contributed by atoms with Crippen molar-refractivity contribution >= 4 is 11.7 Å². The molecule has 110 valence electrons. The third-order valence-electron chi connectivity index (χ3n) is 2.92. The number of carbonyl (C=O) groups excluding carboxylic acids is 1. The highest BCUT2D eigenvalue weighted by atomic mass is 16.5. The highest BCUT2D eigenvalue weighted by Crippen LogP contribution is 2.23. The lowest BCUT2D eigenvalue weighted by molar-refractivity contribution is 0.0600. The van der Waals surface area contributed by atoms with Crippen LogP contribution in [0.15, 0.2) is 47.4 Å². The van der Waals surface area contributed by atoms with Crippen molar-refractivity contribution in [1.82, 2.24) is 4.57 Å². The number of anilines is 1. The average molecular weight is 288 g/mol. The van der Waals surface area contributed by atoms with Gasteiger partial charge in [-0.15, -0.1) is 0 Å². The fraction of sp³-hybridized carbons (Fsp3) is 0.200. The maximum atomic E-state index is 11.5. The zero-order chi connectivity index (χ0) is 15.2. The number of benzene rings is 1. The topological polar surface area (TPSA) is 83.5 Å². The first-order valence-electron chi connectivity index (χ1n) is 6.38. The molecule has 0 atom stereocenters. The van der Waals surface area contributed by atoms with Crippen LogP contribution < -0.4 is 16.0 Å². The van der Waals surface area contributed by atoms with Gasteiger partial charge < -0.3 is 19.8 Å². The summed E-state index contributed by atoms with van der Waals surface area (Å²) < 4.78 is 11.7. The molecule has 0 spiro atoms. The lowest BCUT2D eigenvalue weighted by Crippen LogP contribution is -2.21. The molecule has 0 fully saturated rings. The summed E-state index contributed by atoms with van der Waals surface area (Å²) in [4.78, 5) is 23.0. The van der Waals surface area contributed by atoms with Gasteiger partial charge in [-0.05, 0) is 24.3 Å². The summed E-state index contributed by atoms with van der Waals surface area (Å²) in [6, 6.07) is 9.60. The molecule has 1 aromatic carbocycles. The molecule has 6 nitrogen and oxygen atoms in total. The molecule has 0 aliphatic heterocycles. The van der Waals surface area contributed by atoms with E-state index in [-0.39, 0.29) is 12.2 Å². The fourth-order valence-electron chi connectivity index (χ4n) is 1.80. The number of nitrogens with zero attached hydrogens (tertiary/aromatic N) is 1. The first-order chi connectivity index (χ1) is 10.1. The van der Waals surface area contributed by atoms with Gasteiger partial charge in [0.25, 0.3) is 5.56 Å². The van der Waals surface area contributed by atoms with E-state index in [4.69, 9.17) is 10.5 Å². The minimum atomic E-state index is -0.459. The van der Waals surface area contributed by atoms with Gasteiger partial charge >= 0.3 is 5.97 Å². The summed E-state index contributed by atoms with van der Waals surface area (Å²) in [7, 11) is 1.31. The van der Waals surface area contributed by atoms with E-state index in [2.05, 4.69) is 4.74 Å². The predicted molar refractivity (Wildman–Crippen MR) is 78.4 cm³/mol. The Kier molecular flexibility index (Phi) is 4.61. The maximum Gasteiger partial charge on any atom is 0.337 e. The Morgan fingerprint density at radius 1 is 1.29 bits per heavy atom. The van der Waals surface area contributed by atoms with Crippen molar-refractivity contribution in [2.75, 3.05) is 19.5 Å². The number of esters is 1. The molecule has 2 N–H and O–H groups in total. The number of hydrogen-bond acceptors (Lipinski definition) is 5. The Morgan fingerprint density at radius 3 is 2.81 bits per heavy atom. The Morgan fingerprint density at radius 2 is 2.10 bits per heavy atom. The Balaban J connectivity index is 2.04. The third kappa shape index (κ3) is 3.62. The van der Waals surface area contributed by atoms with E-state index in [9.17, 15) is 9.59 Å². The molecule has 0 amide bonds. The van der Waals surface area contributed by atoms with E-state index in [0.29, 0.717) is 23.5 Å². The van der Waals surface area contributed by atoms with Gasteiger partial charge in [0.1, 0.15) is 12.4 Å². The summed E-state index contributed by atoms with van der Waals surface area (Å²) in [6.45, 7) is 0.653. The summed E-state index contributed by atoms with van der Waals surface area (Å²) in [6.07, 6.45) is 1.68. The number of methoxy groups -OCH3 is 1. The molecule has 0 aliphatic rings. The van der Waals surface area contributed by atoms with Gasteiger partial charge in [0, 0.05) is 12.3 Å². The molecular formula is C15H16N2O4. The SMILES string of the molecule is COC(=O)c1ccc(N)c(OCCn2ccccc2=O)c1. The first-order valence-corrected chi connectivity index (χ1v) is 6.38. The summed E-state index contributed by atoms with van der Waals surface area (Å²) >= 11 is 0. The number of aromatic nitrogens is 1. The van der Waals surface area contributed by atoms with Gasteiger partial charge in [-0.2, -0.15) is 0 Å². The number of carbonyl (C=O) groups is 1. The highest BCUT2D eigenvalue weighted by Gasteiger charge is 2.09. The lowest BCUT2D eigenvalue weighted by Gasteiger charge is -2.11. The van der Waals surface area contributed by atoms with Crippen LogP contribution in [0.3, 0.4) is 0 Å². The van der Waals surface area contributed by atoms with E-state index in [1.54, 1.807) is 30.5 Å². The largest absolute Gasteiger partial charge is 0.490 e. The van der Waals surface area contributed by atoms with Gasteiger partial charge in [-0.1, -0.05) is 6.07 Å². The summed E-state index contributed by atoms with van der Waals surface area (Å²) in [5.74, 6) is -0.0685. The molecule has 6 heteroatoms. The maximum absolute atomic E-state index is 11.5. The smallest absolute Gasteiger partial charge is 0.337 e. The number of rotatable bonds is 5. The van der Waals surface area contributed by atoms with E-state index < -0.39 is 5.97 Å². The lowest BCUT2D eigenvalue weighted by atomic mass is 10.2. The van der Waals surface area contributed by atoms with Crippen molar-refractivity contribution in [2.45, 2.75) is 6.54 Å². The van der Waals surface area contributed by atoms with Crippen molar-refractivity contribution in [3.8, 4) is 5.75 Å². The minimum Gasteiger partial charge on any atom is -0.490 e. The van der Waals surface area contributed by atoms with E-state index in [1.807, 2.05) is 0 Å². The van der Waals surface area contributed by atoms with Gasteiger partial charge in [0.15, 0.2) is 0 Å². The molecule has 1 heterocycles. The Hall–Kier alpha value is -2.76. The quantitative estimate of drug-likeness (QED) is 0.662. The van der Waals surface area contributed by atoms with Crippen LogP contribution in [0.5, 0.6) is 5.75 Å². The molecular weight excluding hydrogens is 272 g/mol. The van der Waals surface area contributed by atoms with Crippen molar-refractivity contribution < 1.29 is 14.3 Å². The second-order valence-corrected chi connectivity index (χ2v) is 4.32. The molecule has 0 unspecified atom stereocenters. The standard InChI is InChI=1S/C15H16N2O4/c1-20-15(19)11-5-6-12(16)13(10-11)21-9-8-17-7-3-2-4-14(17)18/h2-7,10H,8-9,16H2,1H3. The van der Waals surface area contributed by atoms with Crippen LogP contribution in [0.1, 0.15) is 10.4 Å². The Labute approximate surface area is 121 Å². The number of nitrogen functional groups attached to an aromatic ring is 1. The summed E-state index contributed by atoms with van der Waals surface area (Å²) in [5.41, 5.74) is 6.47. The van der Waals surface area contributed by atoms with Crippen molar-refractivity contribution in [2.24, 2.45) is 0 Å². The second kappa shape index (κ2) is 6.60. The molecule has 1 aromatic heterocycles. The van der Waals surface area contributed by atoms with Crippen molar-refractivity contribution in [1.29, 1.82) is 0 Å². The van der Waals surface area contributed by atoms with Crippen LogP contribution in [0.4, 0.5) is 5.69 Å². The first kappa shape index (κ1) is 14.6. The molecule has 0 saturated heterocycles. The molecule has 2 aromatic rings. The van der Waals surface area contributed by atoms with Gasteiger partial charge in [-0.25, -0.2) is 4.79 Å². The highest BCUT2D eigenvalue weighted by molar-refractivity contribution is 5.90. The van der Waals surface area contributed by atoms with E-state index in [1.165, 1.54) is 23.8 Å². The van der Waals surface area contributed by atoms with E-state index >= 15 is 0 Å². The van der Waals surface area contributed by atoms with Crippen LogP contribution >= 0.6 is 0 Å². The Bertz CT molecular complexity index is 694. The monoisotopic (exact) mass is 288 g/mol. The molecule has 0 radical (unpaired) electrons. The number of ether oxygens (including phenoxy) is 2. The number of pyridine rings is 1. The molecule has 0 saturated carbocycles. The van der Waals surface area contributed by atoms with Crippen molar-refractivity contribution in [3.63, 3.8) is 0 Å². The van der Waals surface area contributed by atoms with Gasteiger partial charge in [0.05, 0.1) is 24.9 Å².